The Hall–Kier alpha value is -4.32. The van der Waals surface area contributed by atoms with E-state index in [2.05, 4.69) is 0 Å². The van der Waals surface area contributed by atoms with E-state index in [1.165, 1.54) is 17.0 Å². The van der Waals surface area contributed by atoms with Gasteiger partial charge in [-0.1, -0.05) is 72.8 Å². The quantitative estimate of drug-likeness (QED) is 0.469. The number of phenolic OH excluding ortho intramolecular Hbond substituents is 1. The Bertz CT molecular complexity index is 1250. The summed E-state index contributed by atoms with van der Waals surface area (Å²) in [6.07, 6.45) is 3.00. The number of rotatable bonds is 8. The summed E-state index contributed by atoms with van der Waals surface area (Å²) >= 11 is 0. The number of aliphatic hydroxyl groups excluding tert-OH is 1. The molecule has 6 nitrogen and oxygen atoms in total. The lowest BCUT2D eigenvalue weighted by Crippen LogP contribution is -2.30. The van der Waals surface area contributed by atoms with Crippen LogP contribution in [0.3, 0.4) is 0 Å². The summed E-state index contributed by atoms with van der Waals surface area (Å²) in [4.78, 5) is 27.8. The van der Waals surface area contributed by atoms with E-state index in [0.717, 1.165) is 11.1 Å². The molecular weight excluding hydrogens is 430 g/mol. The number of aliphatic hydroxyl groups is 1. The Kier molecular flexibility index (Phi) is 6.78. The van der Waals surface area contributed by atoms with E-state index < -0.39 is 23.5 Å². The third-order valence-corrected chi connectivity index (χ3v) is 5.59. The van der Waals surface area contributed by atoms with Crippen LogP contribution in [0.25, 0.3) is 6.08 Å². The van der Waals surface area contributed by atoms with Crippen LogP contribution in [0.5, 0.6) is 11.5 Å². The largest absolute Gasteiger partial charge is 0.504 e. The third-order valence-electron chi connectivity index (χ3n) is 5.59. The number of hydrogen-bond acceptors (Lipinski definition) is 5. The predicted octanol–water partition coefficient (Wildman–Crippen LogP) is 4.97. The van der Waals surface area contributed by atoms with E-state index in [9.17, 15) is 19.8 Å². The minimum atomic E-state index is -0.847. The van der Waals surface area contributed by atoms with Crippen molar-refractivity contribution >= 4 is 17.8 Å². The van der Waals surface area contributed by atoms with Gasteiger partial charge < -0.3 is 19.8 Å². The number of allylic oxidation sites excluding steroid dienone is 1. The predicted molar refractivity (Wildman–Crippen MR) is 129 cm³/mol. The molecule has 3 aromatic rings. The van der Waals surface area contributed by atoms with E-state index in [1.807, 2.05) is 60.7 Å². The highest BCUT2D eigenvalue weighted by atomic mass is 16.5. The standard InChI is InChI=1S/C28H25NO5/c1-2-34-24-17-21(14-16-22(24)30)26-25(23(31)15-13-19-9-5-3-6-10-19)27(32)28(33)29(26)18-20-11-7-4-8-12-20/h3-17,26,30,32H,2,18H2,1H3/b15-13+. The highest BCUT2D eigenvalue weighted by Crippen LogP contribution is 2.41. The minimum absolute atomic E-state index is 0.0127. The number of phenols is 1. The smallest absolute Gasteiger partial charge is 0.290 e. The number of amides is 1. The molecule has 0 spiro atoms. The average molecular weight is 456 g/mol. The van der Waals surface area contributed by atoms with Crippen LogP contribution in [-0.2, 0) is 16.1 Å². The Morgan fingerprint density at radius 3 is 2.35 bits per heavy atom. The Morgan fingerprint density at radius 2 is 1.68 bits per heavy atom. The molecule has 4 rings (SSSR count). The van der Waals surface area contributed by atoms with Crippen LogP contribution in [0.2, 0.25) is 0 Å². The monoisotopic (exact) mass is 455 g/mol. The maximum absolute atomic E-state index is 13.3. The van der Waals surface area contributed by atoms with Crippen molar-refractivity contribution in [3.05, 3.63) is 113 Å². The van der Waals surface area contributed by atoms with E-state index >= 15 is 0 Å². The summed E-state index contributed by atoms with van der Waals surface area (Å²) in [5.74, 6) is -1.48. The molecule has 0 aromatic heterocycles. The summed E-state index contributed by atoms with van der Waals surface area (Å²) < 4.78 is 5.51. The Morgan fingerprint density at radius 1 is 1.00 bits per heavy atom. The lowest BCUT2D eigenvalue weighted by molar-refractivity contribution is -0.130. The zero-order chi connectivity index (χ0) is 24.1. The second-order valence-electron chi connectivity index (χ2n) is 7.85. The summed E-state index contributed by atoms with van der Waals surface area (Å²) in [6.45, 7) is 2.32. The fraction of sp³-hybridized carbons (Fsp3) is 0.143. The molecule has 34 heavy (non-hydrogen) atoms. The lowest BCUT2D eigenvalue weighted by Gasteiger charge is -2.27. The number of benzene rings is 3. The summed E-state index contributed by atoms with van der Waals surface area (Å²) in [7, 11) is 0. The fourth-order valence-corrected chi connectivity index (χ4v) is 3.99. The van der Waals surface area contributed by atoms with E-state index in [-0.39, 0.29) is 23.6 Å². The first kappa shape index (κ1) is 22.9. The number of carbonyl (C=O) groups excluding carboxylic acids is 2. The topological polar surface area (TPSA) is 87.1 Å². The molecule has 1 aliphatic rings. The van der Waals surface area contributed by atoms with Gasteiger partial charge in [-0.05, 0) is 41.8 Å². The second-order valence-corrected chi connectivity index (χ2v) is 7.85. The van der Waals surface area contributed by atoms with Crippen molar-refractivity contribution in [3.8, 4) is 11.5 Å². The number of aromatic hydroxyl groups is 1. The molecule has 0 fully saturated rings. The van der Waals surface area contributed by atoms with Gasteiger partial charge in [-0.2, -0.15) is 0 Å². The van der Waals surface area contributed by atoms with Gasteiger partial charge >= 0.3 is 0 Å². The highest BCUT2D eigenvalue weighted by Gasteiger charge is 2.43. The van der Waals surface area contributed by atoms with Gasteiger partial charge in [-0.25, -0.2) is 0 Å². The van der Waals surface area contributed by atoms with Crippen molar-refractivity contribution in [2.45, 2.75) is 19.5 Å². The van der Waals surface area contributed by atoms with Crippen molar-refractivity contribution in [2.24, 2.45) is 0 Å². The molecule has 0 bridgehead atoms. The van der Waals surface area contributed by atoms with Gasteiger partial charge in [0.25, 0.3) is 5.91 Å². The molecule has 172 valence electrons. The molecule has 1 aliphatic heterocycles. The molecule has 0 saturated carbocycles. The molecule has 1 heterocycles. The first-order chi connectivity index (χ1) is 16.5. The van der Waals surface area contributed by atoms with Crippen molar-refractivity contribution in [1.82, 2.24) is 4.90 Å². The van der Waals surface area contributed by atoms with Gasteiger partial charge in [-0.15, -0.1) is 0 Å². The van der Waals surface area contributed by atoms with Crippen molar-refractivity contribution in [2.75, 3.05) is 6.61 Å². The normalized spacial score (nSPS) is 15.9. The van der Waals surface area contributed by atoms with Crippen LogP contribution in [0.4, 0.5) is 0 Å². The highest BCUT2D eigenvalue weighted by molar-refractivity contribution is 6.14. The van der Waals surface area contributed by atoms with E-state index in [0.29, 0.717) is 12.2 Å². The zero-order valence-electron chi connectivity index (χ0n) is 18.7. The van der Waals surface area contributed by atoms with Crippen LogP contribution in [0.15, 0.2) is 96.3 Å². The first-order valence-electron chi connectivity index (χ1n) is 11.0. The van der Waals surface area contributed by atoms with Crippen LogP contribution < -0.4 is 4.74 Å². The van der Waals surface area contributed by atoms with Crippen LogP contribution >= 0.6 is 0 Å². The summed E-state index contributed by atoms with van der Waals surface area (Å²) in [6, 6.07) is 22.5. The number of hydrogen-bond donors (Lipinski definition) is 2. The van der Waals surface area contributed by atoms with Crippen molar-refractivity contribution in [3.63, 3.8) is 0 Å². The van der Waals surface area contributed by atoms with E-state index in [4.69, 9.17) is 4.74 Å². The molecule has 0 saturated heterocycles. The SMILES string of the molecule is CCOc1cc(C2C(C(=O)/C=C/c3ccccc3)=C(O)C(=O)N2Cc2ccccc2)ccc1O. The van der Waals surface area contributed by atoms with Gasteiger partial charge in [0.2, 0.25) is 0 Å². The van der Waals surface area contributed by atoms with Crippen molar-refractivity contribution < 1.29 is 24.5 Å². The molecule has 0 aliphatic carbocycles. The zero-order valence-corrected chi connectivity index (χ0v) is 18.7. The minimum Gasteiger partial charge on any atom is -0.504 e. The van der Waals surface area contributed by atoms with Crippen LogP contribution in [0, 0.1) is 0 Å². The third kappa shape index (κ3) is 4.71. The lowest BCUT2D eigenvalue weighted by atomic mass is 9.95. The molecule has 1 unspecified atom stereocenters. The van der Waals surface area contributed by atoms with Gasteiger partial charge in [0, 0.05) is 6.54 Å². The van der Waals surface area contributed by atoms with Crippen LogP contribution in [0.1, 0.15) is 29.7 Å². The number of nitrogens with zero attached hydrogens (tertiary/aromatic N) is 1. The molecular formula is C28H25NO5. The van der Waals surface area contributed by atoms with Gasteiger partial charge in [0.15, 0.2) is 23.0 Å². The van der Waals surface area contributed by atoms with Gasteiger partial charge in [0.05, 0.1) is 18.2 Å². The molecule has 1 atom stereocenters. The molecule has 3 aromatic carbocycles. The van der Waals surface area contributed by atoms with Gasteiger partial charge in [0.1, 0.15) is 0 Å². The first-order valence-corrected chi connectivity index (χ1v) is 11.0. The second kappa shape index (κ2) is 10.1. The Labute approximate surface area is 198 Å². The average Bonchev–Trinajstić information content (AvgIpc) is 3.10. The Balaban J connectivity index is 1.76. The number of ketones is 1. The van der Waals surface area contributed by atoms with Crippen LogP contribution in [-0.4, -0.2) is 33.4 Å². The van der Waals surface area contributed by atoms with E-state index in [1.54, 1.807) is 25.1 Å². The molecule has 0 radical (unpaired) electrons. The number of carbonyl (C=O) groups is 2. The van der Waals surface area contributed by atoms with Crippen molar-refractivity contribution in [1.29, 1.82) is 0 Å². The fourth-order valence-electron chi connectivity index (χ4n) is 3.99. The molecule has 6 heteroatoms. The maximum atomic E-state index is 13.3. The number of ether oxygens (including phenoxy) is 1. The summed E-state index contributed by atoms with van der Waals surface area (Å²) in [5, 5.41) is 20.9. The maximum Gasteiger partial charge on any atom is 0.290 e. The summed E-state index contributed by atoms with van der Waals surface area (Å²) in [5.41, 5.74) is 2.21. The van der Waals surface area contributed by atoms with Gasteiger partial charge in [-0.3, -0.25) is 9.59 Å². The molecule has 2 N–H and O–H groups in total. The molecule has 1 amide bonds.